The molecule has 0 spiro atoms. The molecule has 0 aliphatic heterocycles. The van der Waals surface area contributed by atoms with Crippen molar-refractivity contribution < 1.29 is 19.4 Å². The van der Waals surface area contributed by atoms with Gasteiger partial charge >= 0.3 is 0 Å². The van der Waals surface area contributed by atoms with Crippen molar-refractivity contribution in [3.8, 4) is 11.5 Å². The molecule has 3 atom stereocenters. The number of methoxy groups -OCH3 is 2. The lowest BCUT2D eigenvalue weighted by Gasteiger charge is -2.54. The molecule has 1 aromatic rings. The average Bonchev–Trinajstić information content (AvgIpc) is 2.43. The molecule has 3 rings (SSSR count). The molecule has 4 heteroatoms. The summed E-state index contributed by atoms with van der Waals surface area (Å²) in [6.07, 6.45) is 1.32. The Bertz CT molecular complexity index is 551. The number of fused-ring (bicyclic) bond motifs is 3. The lowest BCUT2D eigenvalue weighted by atomic mass is 9.53. The van der Waals surface area contributed by atoms with Crippen LogP contribution in [0.15, 0.2) is 12.1 Å². The highest BCUT2D eigenvalue weighted by molar-refractivity contribution is 6.00. The van der Waals surface area contributed by atoms with Crippen LogP contribution in [0.25, 0.3) is 0 Å². The first-order valence-corrected chi connectivity index (χ1v) is 6.54. The number of ether oxygens (including phenoxy) is 2. The van der Waals surface area contributed by atoms with E-state index in [0.717, 1.165) is 6.42 Å². The van der Waals surface area contributed by atoms with E-state index in [-0.39, 0.29) is 17.6 Å². The monoisotopic (exact) mass is 262 g/mol. The van der Waals surface area contributed by atoms with Crippen molar-refractivity contribution in [1.29, 1.82) is 0 Å². The fourth-order valence-corrected chi connectivity index (χ4v) is 3.53. The van der Waals surface area contributed by atoms with Gasteiger partial charge in [0.2, 0.25) is 0 Å². The van der Waals surface area contributed by atoms with Gasteiger partial charge in [-0.05, 0) is 36.0 Å². The van der Waals surface area contributed by atoms with Crippen LogP contribution in [0.3, 0.4) is 0 Å². The molecule has 0 saturated heterocycles. The molecular formula is C15H18O4. The minimum atomic E-state index is -0.886. The maximum atomic E-state index is 12.2. The van der Waals surface area contributed by atoms with Gasteiger partial charge in [0.1, 0.15) is 0 Å². The van der Waals surface area contributed by atoms with E-state index in [0.29, 0.717) is 29.0 Å². The molecule has 1 fully saturated rings. The third kappa shape index (κ3) is 1.46. The van der Waals surface area contributed by atoms with E-state index >= 15 is 0 Å². The maximum absolute atomic E-state index is 12.2. The van der Waals surface area contributed by atoms with Crippen molar-refractivity contribution in [1.82, 2.24) is 0 Å². The van der Waals surface area contributed by atoms with E-state index < -0.39 is 5.60 Å². The van der Waals surface area contributed by atoms with Crippen LogP contribution in [-0.2, 0) is 5.60 Å². The molecular weight excluding hydrogens is 244 g/mol. The number of carbonyl (C=O) groups excluding carboxylic acids is 1. The highest BCUT2D eigenvalue weighted by Crippen LogP contribution is 2.57. The van der Waals surface area contributed by atoms with Gasteiger partial charge in [-0.2, -0.15) is 0 Å². The zero-order chi connectivity index (χ0) is 13.8. The van der Waals surface area contributed by atoms with Crippen LogP contribution in [0.1, 0.15) is 35.7 Å². The molecule has 0 heterocycles. The predicted octanol–water partition coefficient (Wildman–Crippen LogP) is 2.13. The van der Waals surface area contributed by atoms with Gasteiger partial charge in [0, 0.05) is 12.0 Å². The number of carbonyl (C=O) groups is 1. The summed E-state index contributed by atoms with van der Waals surface area (Å²) < 4.78 is 10.5. The number of benzene rings is 1. The number of ketones is 1. The molecule has 0 bridgehead atoms. The van der Waals surface area contributed by atoms with Gasteiger partial charge in [-0.15, -0.1) is 0 Å². The molecule has 4 nitrogen and oxygen atoms in total. The predicted molar refractivity (Wildman–Crippen MR) is 69.7 cm³/mol. The van der Waals surface area contributed by atoms with Gasteiger partial charge in [-0.3, -0.25) is 4.79 Å². The van der Waals surface area contributed by atoms with Gasteiger partial charge in [-0.25, -0.2) is 0 Å². The zero-order valence-electron chi connectivity index (χ0n) is 11.4. The normalized spacial score (nSPS) is 32.1. The van der Waals surface area contributed by atoms with Crippen LogP contribution in [0.4, 0.5) is 0 Å². The first-order chi connectivity index (χ1) is 9.02. The van der Waals surface area contributed by atoms with E-state index in [1.807, 2.05) is 6.92 Å². The average molecular weight is 262 g/mol. The van der Waals surface area contributed by atoms with Crippen LogP contribution < -0.4 is 9.47 Å². The summed E-state index contributed by atoms with van der Waals surface area (Å²) in [5.41, 5.74) is 0.385. The molecule has 1 saturated carbocycles. The van der Waals surface area contributed by atoms with Crippen LogP contribution in [-0.4, -0.2) is 25.1 Å². The van der Waals surface area contributed by atoms with Crippen molar-refractivity contribution in [2.45, 2.75) is 25.4 Å². The Balaban J connectivity index is 2.21. The summed E-state index contributed by atoms with van der Waals surface area (Å²) >= 11 is 0. The van der Waals surface area contributed by atoms with Crippen LogP contribution >= 0.6 is 0 Å². The molecule has 102 valence electrons. The summed E-state index contributed by atoms with van der Waals surface area (Å²) in [4.78, 5) is 12.2. The third-order valence-electron chi connectivity index (χ3n) is 4.70. The van der Waals surface area contributed by atoms with Gasteiger partial charge < -0.3 is 14.6 Å². The van der Waals surface area contributed by atoms with Crippen LogP contribution in [0, 0.1) is 11.8 Å². The van der Waals surface area contributed by atoms with E-state index in [2.05, 4.69) is 0 Å². The van der Waals surface area contributed by atoms with Crippen LogP contribution in [0.2, 0.25) is 0 Å². The lowest BCUT2D eigenvalue weighted by Crippen LogP contribution is -2.55. The molecule has 1 aromatic carbocycles. The molecule has 3 unspecified atom stereocenters. The van der Waals surface area contributed by atoms with E-state index in [1.165, 1.54) is 0 Å². The number of hydrogen-bond acceptors (Lipinski definition) is 4. The third-order valence-corrected chi connectivity index (χ3v) is 4.70. The molecule has 0 amide bonds. The van der Waals surface area contributed by atoms with Gasteiger partial charge in [0.25, 0.3) is 0 Å². The highest BCUT2D eigenvalue weighted by Gasteiger charge is 2.57. The second-order valence-corrected chi connectivity index (χ2v) is 5.54. The zero-order valence-corrected chi connectivity index (χ0v) is 11.4. The van der Waals surface area contributed by atoms with E-state index in [1.54, 1.807) is 26.4 Å². The molecule has 19 heavy (non-hydrogen) atoms. The quantitative estimate of drug-likeness (QED) is 0.887. The van der Waals surface area contributed by atoms with E-state index in [9.17, 15) is 9.90 Å². The minimum Gasteiger partial charge on any atom is -0.493 e. The second-order valence-electron chi connectivity index (χ2n) is 5.54. The Morgan fingerprint density at radius 2 is 1.89 bits per heavy atom. The first kappa shape index (κ1) is 12.5. The van der Waals surface area contributed by atoms with Crippen molar-refractivity contribution in [2.24, 2.45) is 11.8 Å². The molecule has 2 aliphatic rings. The second kappa shape index (κ2) is 3.97. The Labute approximate surface area is 112 Å². The number of rotatable bonds is 2. The summed E-state index contributed by atoms with van der Waals surface area (Å²) in [5, 5.41) is 10.9. The van der Waals surface area contributed by atoms with Gasteiger partial charge in [0.15, 0.2) is 17.3 Å². The Morgan fingerprint density at radius 1 is 1.26 bits per heavy atom. The fourth-order valence-electron chi connectivity index (χ4n) is 3.53. The SMILES string of the molecule is COc1cc2c(cc1OC)C1(O)C(C)CC1CC2=O. The summed E-state index contributed by atoms with van der Waals surface area (Å²) in [7, 11) is 3.10. The summed E-state index contributed by atoms with van der Waals surface area (Å²) in [6.45, 7) is 2.02. The standard InChI is InChI=1S/C15H18O4/c1-8-4-9-5-12(16)10-6-13(18-2)14(19-3)7-11(10)15(8,9)17/h6-9,17H,4-5H2,1-3H3. The smallest absolute Gasteiger partial charge is 0.163 e. The Hall–Kier alpha value is -1.55. The lowest BCUT2D eigenvalue weighted by molar-refractivity contribution is -0.155. The fraction of sp³-hybridized carbons (Fsp3) is 0.533. The van der Waals surface area contributed by atoms with Crippen LogP contribution in [0.5, 0.6) is 11.5 Å². The summed E-state index contributed by atoms with van der Waals surface area (Å²) in [5.74, 6) is 1.38. The Morgan fingerprint density at radius 3 is 2.47 bits per heavy atom. The van der Waals surface area contributed by atoms with Crippen molar-refractivity contribution in [3.63, 3.8) is 0 Å². The van der Waals surface area contributed by atoms with Crippen molar-refractivity contribution in [3.05, 3.63) is 23.3 Å². The summed E-state index contributed by atoms with van der Waals surface area (Å²) in [6, 6.07) is 3.45. The van der Waals surface area contributed by atoms with Gasteiger partial charge in [-0.1, -0.05) is 6.92 Å². The molecule has 0 radical (unpaired) electrons. The van der Waals surface area contributed by atoms with Gasteiger partial charge in [0.05, 0.1) is 19.8 Å². The molecule has 2 aliphatic carbocycles. The Kier molecular flexibility index (Phi) is 2.61. The maximum Gasteiger partial charge on any atom is 0.163 e. The number of aliphatic hydroxyl groups is 1. The van der Waals surface area contributed by atoms with Crippen molar-refractivity contribution in [2.75, 3.05) is 14.2 Å². The highest BCUT2D eigenvalue weighted by atomic mass is 16.5. The first-order valence-electron chi connectivity index (χ1n) is 6.54. The number of hydrogen-bond donors (Lipinski definition) is 1. The largest absolute Gasteiger partial charge is 0.493 e. The minimum absolute atomic E-state index is 0.0422. The number of Topliss-reactive ketones (excluding diaryl/α,β-unsaturated/α-hetero) is 1. The molecule has 0 aromatic heterocycles. The molecule has 1 N–H and O–H groups in total. The topological polar surface area (TPSA) is 55.8 Å². The van der Waals surface area contributed by atoms with Crippen molar-refractivity contribution >= 4 is 5.78 Å². The van der Waals surface area contributed by atoms with E-state index in [4.69, 9.17) is 9.47 Å².